The first-order valence-corrected chi connectivity index (χ1v) is 3.01. The van der Waals surface area contributed by atoms with Crippen LogP contribution in [0.3, 0.4) is 0 Å². The molecule has 1 radical (unpaired) electrons. The van der Waals surface area contributed by atoms with Crippen molar-refractivity contribution >= 4 is 30.8 Å². The van der Waals surface area contributed by atoms with Crippen molar-refractivity contribution < 1.29 is 9.59 Å². The van der Waals surface area contributed by atoms with E-state index in [0.29, 0.717) is 13.1 Å². The second-order valence-electron chi connectivity index (χ2n) is 1.62. The average Bonchev–Trinajstić information content (AvgIpc) is 1.85. The molecule has 7 N–H and O–H groups in total. The summed E-state index contributed by atoms with van der Waals surface area (Å²) < 4.78 is 0. The summed E-state index contributed by atoms with van der Waals surface area (Å²) in [5.74, 6) is -0.437. The smallest absolute Gasteiger partial charge is 0.318 e. The SMILES string of the molecule is CC(=O)NC(N)=O.NCCN.[Li]. The maximum Gasteiger partial charge on any atom is 0.318 e. The Morgan fingerprint density at radius 2 is 1.58 bits per heavy atom. The van der Waals surface area contributed by atoms with E-state index in [4.69, 9.17) is 11.5 Å². The molecule has 0 aliphatic heterocycles. The second kappa shape index (κ2) is 13.1. The van der Waals surface area contributed by atoms with Crippen LogP contribution in [0, 0.1) is 0 Å². The number of amides is 3. The average molecular weight is 169 g/mol. The number of carbonyl (C=O) groups excluding carboxylic acids is 2. The fourth-order valence-electron chi connectivity index (χ4n) is 0.173. The monoisotopic (exact) mass is 169 g/mol. The van der Waals surface area contributed by atoms with Crippen molar-refractivity contribution in [2.24, 2.45) is 17.2 Å². The Labute approximate surface area is 83.4 Å². The maximum atomic E-state index is 9.84. The standard InChI is InChI=1S/C3H6N2O2.C2H8N2.Li/c1-2(6)5-3(4)7;3-1-2-4;/h1H3,(H3,4,5,6,7);1-4H2;. The van der Waals surface area contributed by atoms with Gasteiger partial charge >= 0.3 is 6.03 Å². The number of carbonyl (C=O) groups is 2. The molecule has 0 spiro atoms. The van der Waals surface area contributed by atoms with Gasteiger partial charge in [0.25, 0.3) is 0 Å². The number of imide groups is 1. The van der Waals surface area contributed by atoms with Gasteiger partial charge in [-0.2, -0.15) is 0 Å². The van der Waals surface area contributed by atoms with Gasteiger partial charge < -0.3 is 17.2 Å². The Bertz CT molecular complexity index is 117. The molecule has 0 aliphatic carbocycles. The van der Waals surface area contributed by atoms with Crippen LogP contribution in [-0.4, -0.2) is 43.9 Å². The predicted molar refractivity (Wildman–Crippen MR) is 47.3 cm³/mol. The first-order valence-electron chi connectivity index (χ1n) is 3.01. The van der Waals surface area contributed by atoms with E-state index in [1.165, 1.54) is 6.92 Å². The molecule has 0 saturated heterocycles. The molecule has 67 valence electrons. The van der Waals surface area contributed by atoms with E-state index in [1.807, 2.05) is 0 Å². The second-order valence-corrected chi connectivity index (χ2v) is 1.62. The van der Waals surface area contributed by atoms with Gasteiger partial charge in [-0.25, -0.2) is 4.79 Å². The van der Waals surface area contributed by atoms with Crippen LogP contribution in [0.5, 0.6) is 0 Å². The molecular weight excluding hydrogens is 155 g/mol. The summed E-state index contributed by atoms with van der Waals surface area (Å²) >= 11 is 0. The Hall–Kier alpha value is -0.543. The van der Waals surface area contributed by atoms with E-state index in [0.717, 1.165) is 0 Å². The molecular formula is C5H14LiN4O2. The first kappa shape index (κ1) is 17.5. The summed E-state index contributed by atoms with van der Waals surface area (Å²) in [5, 5.41) is 1.81. The van der Waals surface area contributed by atoms with Crippen molar-refractivity contribution in [3.8, 4) is 0 Å². The zero-order valence-corrected chi connectivity index (χ0v) is 7.46. The molecule has 0 aromatic carbocycles. The minimum Gasteiger partial charge on any atom is -0.351 e. The van der Waals surface area contributed by atoms with Gasteiger partial charge in [-0.3, -0.25) is 10.1 Å². The van der Waals surface area contributed by atoms with Crippen LogP contribution in [0.15, 0.2) is 0 Å². The summed E-state index contributed by atoms with van der Waals surface area (Å²) in [7, 11) is 0. The minimum atomic E-state index is -0.812. The number of hydrogen-bond donors (Lipinski definition) is 4. The third kappa shape index (κ3) is 34.0. The van der Waals surface area contributed by atoms with E-state index < -0.39 is 11.9 Å². The molecule has 0 aromatic rings. The normalized spacial score (nSPS) is 6.92. The third-order valence-electron chi connectivity index (χ3n) is 0.466. The summed E-state index contributed by atoms with van der Waals surface area (Å²) in [5.41, 5.74) is 14.3. The largest absolute Gasteiger partial charge is 0.351 e. The zero-order valence-electron chi connectivity index (χ0n) is 7.46. The molecule has 0 fully saturated rings. The van der Waals surface area contributed by atoms with Crippen LogP contribution in [0.1, 0.15) is 6.92 Å². The summed E-state index contributed by atoms with van der Waals surface area (Å²) in [6, 6.07) is -0.812. The topological polar surface area (TPSA) is 124 Å². The van der Waals surface area contributed by atoms with E-state index in [1.54, 1.807) is 5.32 Å². The molecule has 0 atom stereocenters. The fourth-order valence-corrected chi connectivity index (χ4v) is 0.173. The van der Waals surface area contributed by atoms with Crippen LogP contribution in [-0.2, 0) is 4.79 Å². The molecule has 0 aliphatic rings. The molecule has 12 heavy (non-hydrogen) atoms. The van der Waals surface area contributed by atoms with Gasteiger partial charge in [-0.15, -0.1) is 0 Å². The number of urea groups is 1. The van der Waals surface area contributed by atoms with Crippen LogP contribution < -0.4 is 22.5 Å². The predicted octanol–water partition coefficient (Wildman–Crippen LogP) is -2.28. The first-order chi connectivity index (χ1) is 5.04. The zero-order chi connectivity index (χ0) is 9.28. The van der Waals surface area contributed by atoms with Gasteiger partial charge in [0.15, 0.2) is 0 Å². The van der Waals surface area contributed by atoms with Crippen molar-refractivity contribution in [3.05, 3.63) is 0 Å². The van der Waals surface area contributed by atoms with Gasteiger partial charge in [-0.1, -0.05) is 0 Å². The third-order valence-corrected chi connectivity index (χ3v) is 0.466. The molecule has 0 heterocycles. The van der Waals surface area contributed by atoms with E-state index >= 15 is 0 Å². The number of primary amides is 1. The quantitative estimate of drug-likeness (QED) is 0.330. The van der Waals surface area contributed by atoms with Gasteiger partial charge in [0.1, 0.15) is 0 Å². The van der Waals surface area contributed by atoms with Crippen molar-refractivity contribution in [1.29, 1.82) is 0 Å². The van der Waals surface area contributed by atoms with E-state index in [-0.39, 0.29) is 18.9 Å². The Morgan fingerprint density at radius 3 is 1.58 bits per heavy atom. The van der Waals surface area contributed by atoms with E-state index in [2.05, 4.69) is 5.73 Å². The van der Waals surface area contributed by atoms with Crippen molar-refractivity contribution in [2.75, 3.05) is 13.1 Å². The number of rotatable bonds is 1. The molecule has 0 bridgehead atoms. The Kier molecular flexibility index (Phi) is 19.1. The molecule has 0 saturated carbocycles. The van der Waals surface area contributed by atoms with E-state index in [9.17, 15) is 9.59 Å². The van der Waals surface area contributed by atoms with Crippen LogP contribution in [0.2, 0.25) is 0 Å². The van der Waals surface area contributed by atoms with Crippen molar-refractivity contribution in [2.45, 2.75) is 6.92 Å². The van der Waals surface area contributed by atoms with Crippen molar-refractivity contribution in [3.63, 3.8) is 0 Å². The molecule has 6 nitrogen and oxygen atoms in total. The van der Waals surface area contributed by atoms with Gasteiger partial charge in [0, 0.05) is 38.9 Å². The summed E-state index contributed by atoms with van der Waals surface area (Å²) in [6.45, 7) is 2.41. The Morgan fingerprint density at radius 1 is 1.25 bits per heavy atom. The Balaban J connectivity index is -0.000000142. The number of hydrogen-bond acceptors (Lipinski definition) is 4. The number of nitrogens with one attached hydrogen (secondary N) is 1. The molecule has 0 rings (SSSR count). The molecule has 7 heteroatoms. The molecule has 0 unspecified atom stereocenters. The van der Waals surface area contributed by atoms with Crippen LogP contribution in [0.4, 0.5) is 4.79 Å². The van der Waals surface area contributed by atoms with Gasteiger partial charge in [-0.05, 0) is 0 Å². The maximum absolute atomic E-state index is 9.84. The van der Waals surface area contributed by atoms with Crippen LogP contribution in [0.25, 0.3) is 0 Å². The van der Waals surface area contributed by atoms with Crippen molar-refractivity contribution in [1.82, 2.24) is 5.32 Å². The fraction of sp³-hybridized carbons (Fsp3) is 0.600. The minimum absolute atomic E-state index is 0. The van der Waals surface area contributed by atoms with Crippen LogP contribution >= 0.6 is 0 Å². The van der Waals surface area contributed by atoms with Gasteiger partial charge in [0.05, 0.1) is 0 Å². The molecule has 0 aromatic heterocycles. The summed E-state index contributed by atoms with van der Waals surface area (Å²) in [4.78, 5) is 19.5. The molecule has 3 amide bonds. The van der Waals surface area contributed by atoms with Gasteiger partial charge in [0.2, 0.25) is 5.91 Å². The number of nitrogens with two attached hydrogens (primary N) is 3. The summed E-state index contributed by atoms with van der Waals surface area (Å²) in [6.07, 6.45) is 0.